The molecule has 0 aromatic rings. The average Bonchev–Trinajstić information content (AvgIpc) is 2.14. The molecule has 41 valence electrons. The highest BCUT2D eigenvalue weighted by atomic mass is 28.1. The molecule has 1 aliphatic rings. The van der Waals surface area contributed by atoms with Gasteiger partial charge in [0.1, 0.15) is 0 Å². The van der Waals surface area contributed by atoms with E-state index < -0.39 is 0 Å². The summed E-state index contributed by atoms with van der Waals surface area (Å²) in [6.07, 6.45) is 5.62. The first-order valence-electron chi connectivity index (χ1n) is 2.83. The summed E-state index contributed by atoms with van der Waals surface area (Å²) in [5, 5.41) is 0. The Labute approximate surface area is 53.7 Å². The molecule has 0 N–H and O–H groups in total. The fourth-order valence-electron chi connectivity index (χ4n) is 0.855. The molecule has 1 aliphatic carbocycles. The van der Waals surface area contributed by atoms with Gasteiger partial charge in [0.25, 0.3) is 0 Å². The third-order valence-corrected chi connectivity index (χ3v) is 1.80. The van der Waals surface area contributed by atoms with Crippen LogP contribution in [-0.4, -0.2) is 10.2 Å². The third-order valence-electron chi connectivity index (χ3n) is 1.35. The predicted octanol–water partition coefficient (Wildman–Crippen LogP) is 1.85. The maximum atomic E-state index is 3.45. The van der Waals surface area contributed by atoms with Gasteiger partial charge in [0.05, 0.1) is 0 Å². The lowest BCUT2D eigenvalue weighted by atomic mass is 10.3. The Kier molecular flexibility index (Phi) is 1.68. The van der Waals surface area contributed by atoms with Crippen LogP contribution in [0.3, 0.4) is 0 Å². The Hall–Kier alpha value is -0.303. The van der Waals surface area contributed by atoms with Crippen molar-refractivity contribution >= 4 is 10.2 Å². The van der Waals surface area contributed by atoms with Crippen molar-refractivity contribution in [3.05, 3.63) is 23.3 Å². The van der Waals surface area contributed by atoms with Crippen molar-refractivity contribution < 1.29 is 0 Å². The maximum Gasteiger partial charge on any atom is 0.0279 e. The lowest BCUT2D eigenvalue weighted by Gasteiger charge is -1.88. The van der Waals surface area contributed by atoms with Gasteiger partial charge in [-0.05, 0) is 19.4 Å². The molecule has 0 fully saturated rings. The summed E-state index contributed by atoms with van der Waals surface area (Å²) >= 11 is 0. The van der Waals surface area contributed by atoms with E-state index in [2.05, 4.69) is 29.3 Å². The van der Waals surface area contributed by atoms with Crippen LogP contribution in [0.1, 0.15) is 13.3 Å². The Morgan fingerprint density at radius 2 is 2.50 bits per heavy atom. The summed E-state index contributed by atoms with van der Waals surface area (Å²) in [5.41, 5.74) is 2.89. The van der Waals surface area contributed by atoms with Gasteiger partial charge in [0.2, 0.25) is 0 Å². The molecule has 3 radical (unpaired) electrons. The molecule has 0 bridgehead atoms. The summed E-state index contributed by atoms with van der Waals surface area (Å²) in [7, 11) is 3.45. The monoisotopic (exact) mass is 121 g/mol. The van der Waals surface area contributed by atoms with Gasteiger partial charge < -0.3 is 0 Å². The molecular weight excluding hydrogens is 112 g/mol. The zero-order valence-electron chi connectivity index (χ0n) is 5.07. The maximum absolute atomic E-state index is 3.45. The van der Waals surface area contributed by atoms with Crippen molar-refractivity contribution in [2.45, 2.75) is 19.4 Å². The van der Waals surface area contributed by atoms with Crippen molar-refractivity contribution in [3.63, 3.8) is 0 Å². The summed E-state index contributed by atoms with van der Waals surface area (Å²) in [5.74, 6) is 0. The molecule has 1 rings (SSSR count). The van der Waals surface area contributed by atoms with Crippen LogP contribution in [0.25, 0.3) is 0 Å². The van der Waals surface area contributed by atoms with E-state index >= 15 is 0 Å². The minimum atomic E-state index is 1.02. The molecule has 0 nitrogen and oxygen atoms in total. The van der Waals surface area contributed by atoms with E-state index in [4.69, 9.17) is 0 Å². The van der Waals surface area contributed by atoms with E-state index in [9.17, 15) is 0 Å². The molecule has 0 saturated carbocycles. The molecule has 0 aromatic carbocycles. The smallest absolute Gasteiger partial charge is 0.0279 e. The molecule has 0 aliphatic heterocycles. The summed E-state index contributed by atoms with van der Waals surface area (Å²) in [6.45, 7) is 2.13. The van der Waals surface area contributed by atoms with Crippen molar-refractivity contribution in [3.8, 4) is 0 Å². The van der Waals surface area contributed by atoms with Gasteiger partial charge in [-0.25, -0.2) is 0 Å². The second-order valence-corrected chi connectivity index (χ2v) is 2.49. The first-order chi connectivity index (χ1) is 3.83. The van der Waals surface area contributed by atoms with Crippen LogP contribution in [0, 0.1) is 0 Å². The van der Waals surface area contributed by atoms with Gasteiger partial charge in [-0.2, -0.15) is 0 Å². The highest BCUT2D eigenvalue weighted by molar-refractivity contribution is 6.10. The number of hydrogen-bond acceptors (Lipinski definition) is 0. The molecule has 0 unspecified atom stereocenters. The largest absolute Gasteiger partial charge is 0.0775 e. The van der Waals surface area contributed by atoms with Gasteiger partial charge in [0.15, 0.2) is 0 Å². The Morgan fingerprint density at radius 1 is 1.75 bits per heavy atom. The highest BCUT2D eigenvalue weighted by Gasteiger charge is 1.98. The van der Waals surface area contributed by atoms with Crippen LogP contribution in [0.2, 0.25) is 6.04 Å². The zero-order valence-corrected chi connectivity index (χ0v) is 6.07. The van der Waals surface area contributed by atoms with Crippen molar-refractivity contribution in [1.82, 2.24) is 0 Å². The van der Waals surface area contributed by atoms with Gasteiger partial charge in [-0.1, -0.05) is 23.3 Å². The third kappa shape index (κ3) is 1.10. The van der Waals surface area contributed by atoms with Gasteiger partial charge >= 0.3 is 0 Å². The van der Waals surface area contributed by atoms with Crippen LogP contribution in [0.5, 0.6) is 0 Å². The fraction of sp³-hybridized carbons (Fsp3) is 0.429. The second-order valence-electron chi connectivity index (χ2n) is 2.13. The first kappa shape index (κ1) is 5.83. The summed E-state index contributed by atoms with van der Waals surface area (Å²) < 4.78 is 0. The van der Waals surface area contributed by atoms with Crippen molar-refractivity contribution in [2.75, 3.05) is 0 Å². The van der Waals surface area contributed by atoms with Gasteiger partial charge in [-0.3, -0.25) is 0 Å². The molecule has 0 saturated heterocycles. The predicted molar refractivity (Wildman–Crippen MR) is 37.0 cm³/mol. The van der Waals surface area contributed by atoms with Crippen LogP contribution < -0.4 is 0 Å². The molecule has 1 heteroatoms. The Balaban J connectivity index is 2.56. The second kappa shape index (κ2) is 2.31. The highest BCUT2D eigenvalue weighted by Crippen LogP contribution is 2.18. The Morgan fingerprint density at radius 3 is 2.75 bits per heavy atom. The van der Waals surface area contributed by atoms with E-state index in [1.165, 1.54) is 11.1 Å². The molecule has 0 aromatic heterocycles. The molecular formula is C7H9Si. The SMILES string of the molecule is CC1=CCC(C[Si])=C1. The van der Waals surface area contributed by atoms with E-state index in [0.29, 0.717) is 0 Å². The quantitative estimate of drug-likeness (QED) is 0.464. The average molecular weight is 121 g/mol. The summed E-state index contributed by atoms with van der Waals surface area (Å²) in [6, 6.07) is 1.02. The van der Waals surface area contributed by atoms with E-state index in [1.807, 2.05) is 0 Å². The Bertz CT molecular complexity index is 142. The molecule has 0 spiro atoms. The minimum absolute atomic E-state index is 1.02. The molecule has 0 atom stereocenters. The molecule has 8 heavy (non-hydrogen) atoms. The van der Waals surface area contributed by atoms with Crippen molar-refractivity contribution in [2.24, 2.45) is 0 Å². The van der Waals surface area contributed by atoms with Crippen LogP contribution >= 0.6 is 0 Å². The molecule has 0 heterocycles. The van der Waals surface area contributed by atoms with E-state index in [0.717, 1.165) is 12.5 Å². The van der Waals surface area contributed by atoms with Crippen LogP contribution in [-0.2, 0) is 0 Å². The topological polar surface area (TPSA) is 0 Å². The van der Waals surface area contributed by atoms with Gasteiger partial charge in [0, 0.05) is 10.2 Å². The normalized spacial score (nSPS) is 18.2. The van der Waals surface area contributed by atoms with Crippen LogP contribution in [0.4, 0.5) is 0 Å². The van der Waals surface area contributed by atoms with E-state index in [-0.39, 0.29) is 0 Å². The van der Waals surface area contributed by atoms with Crippen LogP contribution in [0.15, 0.2) is 23.3 Å². The van der Waals surface area contributed by atoms with Crippen molar-refractivity contribution in [1.29, 1.82) is 0 Å². The molecule has 0 amide bonds. The standard InChI is InChI=1S/C7H9Si/c1-6-2-3-7(4-6)5-8/h2,4H,3,5H2,1H3. The lowest BCUT2D eigenvalue weighted by Crippen LogP contribution is -1.72. The number of allylic oxidation sites excluding steroid dienone is 4. The summed E-state index contributed by atoms with van der Waals surface area (Å²) in [4.78, 5) is 0. The lowest BCUT2D eigenvalue weighted by molar-refractivity contribution is 1.25. The fourth-order valence-corrected chi connectivity index (χ4v) is 1.10. The van der Waals surface area contributed by atoms with E-state index in [1.54, 1.807) is 0 Å². The zero-order chi connectivity index (χ0) is 5.98. The minimum Gasteiger partial charge on any atom is -0.0775 e. The first-order valence-corrected chi connectivity index (χ1v) is 3.54. The number of rotatable bonds is 1. The van der Waals surface area contributed by atoms with Gasteiger partial charge in [-0.15, -0.1) is 0 Å². The number of hydrogen-bond donors (Lipinski definition) is 0.